The van der Waals surface area contributed by atoms with Crippen LogP contribution in [0.3, 0.4) is 0 Å². The van der Waals surface area contributed by atoms with Gasteiger partial charge in [-0.3, -0.25) is 4.79 Å². The molecule has 3 aliphatic rings. The maximum Gasteiger partial charge on any atom is 0.251 e. The summed E-state index contributed by atoms with van der Waals surface area (Å²) < 4.78 is 5.40. The fourth-order valence-electron chi connectivity index (χ4n) is 4.57. The summed E-state index contributed by atoms with van der Waals surface area (Å²) >= 11 is 0. The fraction of sp³-hybridized carbons (Fsp3) is 0.632. The van der Waals surface area contributed by atoms with Gasteiger partial charge in [-0.05, 0) is 43.2 Å². The van der Waals surface area contributed by atoms with Gasteiger partial charge in [0.05, 0.1) is 13.2 Å². The Kier molecular flexibility index (Phi) is 4.36. The molecule has 2 N–H and O–H groups in total. The minimum absolute atomic E-state index is 0.104. The fourth-order valence-corrected chi connectivity index (χ4v) is 4.57. The number of hydrogen-bond donors (Lipinski definition) is 2. The van der Waals surface area contributed by atoms with Crippen molar-refractivity contribution in [3.63, 3.8) is 0 Å². The lowest BCUT2D eigenvalue weighted by Gasteiger charge is -2.24. The van der Waals surface area contributed by atoms with Crippen LogP contribution in [0.4, 0.5) is 0 Å². The number of ether oxygens (including phenoxy) is 1. The predicted molar refractivity (Wildman–Crippen MR) is 88.4 cm³/mol. The third-order valence-electron chi connectivity index (χ3n) is 5.92. The van der Waals surface area contributed by atoms with E-state index in [0.717, 1.165) is 50.2 Å². The Balaban J connectivity index is 1.33. The summed E-state index contributed by atoms with van der Waals surface area (Å²) in [6.07, 6.45) is 5.19. The van der Waals surface area contributed by atoms with Crippen LogP contribution in [-0.2, 0) is 11.3 Å². The molecule has 1 aliphatic heterocycles. The standard InChI is InChI=1S/C19H26N2O2/c22-19(20-18-12-15-3-6-17(18)11-15)16-4-1-14(2-5-16)13-21-7-9-23-10-8-21/h1-2,4-5,15,17-18H,3,6-13H2,(H,20,22)/p+1/t15-,17-,18-/m1/s1. The van der Waals surface area contributed by atoms with Gasteiger partial charge in [-0.25, -0.2) is 0 Å². The Morgan fingerprint density at radius 1 is 1.13 bits per heavy atom. The van der Waals surface area contributed by atoms with Crippen LogP contribution in [0.25, 0.3) is 0 Å². The van der Waals surface area contributed by atoms with Crippen molar-refractivity contribution in [1.29, 1.82) is 0 Å². The van der Waals surface area contributed by atoms with Crippen molar-refractivity contribution in [1.82, 2.24) is 5.32 Å². The Morgan fingerprint density at radius 3 is 2.57 bits per heavy atom. The Hall–Kier alpha value is -1.39. The molecule has 1 heterocycles. The van der Waals surface area contributed by atoms with Crippen LogP contribution in [0, 0.1) is 11.8 Å². The van der Waals surface area contributed by atoms with E-state index in [9.17, 15) is 4.79 Å². The molecular weight excluding hydrogens is 288 g/mol. The van der Waals surface area contributed by atoms with Gasteiger partial charge in [0.15, 0.2) is 0 Å². The van der Waals surface area contributed by atoms with Crippen LogP contribution in [0.1, 0.15) is 41.6 Å². The highest BCUT2D eigenvalue weighted by Crippen LogP contribution is 2.44. The zero-order valence-corrected chi connectivity index (χ0v) is 13.7. The number of quaternary nitrogens is 1. The predicted octanol–water partition coefficient (Wildman–Crippen LogP) is 1.02. The number of rotatable bonds is 4. The molecule has 2 aliphatic carbocycles. The minimum Gasteiger partial charge on any atom is -0.370 e. The zero-order valence-electron chi connectivity index (χ0n) is 13.7. The first kappa shape index (κ1) is 15.2. The van der Waals surface area contributed by atoms with Crippen molar-refractivity contribution in [3.8, 4) is 0 Å². The second kappa shape index (κ2) is 6.62. The van der Waals surface area contributed by atoms with Crippen LogP contribution in [0.2, 0.25) is 0 Å². The van der Waals surface area contributed by atoms with Gasteiger partial charge in [0.1, 0.15) is 19.6 Å². The molecule has 1 saturated heterocycles. The van der Waals surface area contributed by atoms with Crippen molar-refractivity contribution in [2.75, 3.05) is 26.3 Å². The van der Waals surface area contributed by atoms with E-state index < -0.39 is 0 Å². The summed E-state index contributed by atoms with van der Waals surface area (Å²) in [7, 11) is 0. The quantitative estimate of drug-likeness (QED) is 0.871. The second-order valence-electron chi connectivity index (χ2n) is 7.49. The van der Waals surface area contributed by atoms with Crippen LogP contribution in [0.5, 0.6) is 0 Å². The molecule has 0 unspecified atom stereocenters. The number of hydrogen-bond acceptors (Lipinski definition) is 2. The van der Waals surface area contributed by atoms with Gasteiger partial charge in [0, 0.05) is 17.2 Å². The van der Waals surface area contributed by atoms with Gasteiger partial charge >= 0.3 is 0 Å². The first-order valence-electron chi connectivity index (χ1n) is 9.09. The van der Waals surface area contributed by atoms with E-state index in [4.69, 9.17) is 4.74 Å². The number of carbonyl (C=O) groups is 1. The molecule has 2 saturated carbocycles. The molecule has 4 heteroatoms. The summed E-state index contributed by atoms with van der Waals surface area (Å²) in [5.41, 5.74) is 2.10. The third kappa shape index (κ3) is 3.43. The molecule has 1 aromatic rings. The van der Waals surface area contributed by atoms with Crippen LogP contribution in [-0.4, -0.2) is 38.3 Å². The summed E-state index contributed by atoms with van der Waals surface area (Å²) in [5.74, 6) is 1.70. The lowest BCUT2D eigenvalue weighted by atomic mass is 9.95. The van der Waals surface area contributed by atoms with Crippen molar-refractivity contribution in [2.45, 2.75) is 38.3 Å². The Labute approximate surface area is 138 Å². The lowest BCUT2D eigenvalue weighted by Crippen LogP contribution is -3.12. The summed E-state index contributed by atoms with van der Waals surface area (Å²) in [4.78, 5) is 14.0. The van der Waals surface area contributed by atoms with Gasteiger partial charge in [0.25, 0.3) is 5.91 Å². The first-order valence-corrected chi connectivity index (χ1v) is 9.09. The van der Waals surface area contributed by atoms with E-state index >= 15 is 0 Å². The third-order valence-corrected chi connectivity index (χ3v) is 5.92. The highest BCUT2D eigenvalue weighted by atomic mass is 16.5. The van der Waals surface area contributed by atoms with E-state index in [1.54, 1.807) is 4.90 Å². The number of morpholine rings is 1. The molecule has 124 valence electrons. The number of amides is 1. The molecular formula is C19H27N2O2+. The minimum atomic E-state index is 0.104. The number of nitrogens with one attached hydrogen (secondary N) is 2. The van der Waals surface area contributed by atoms with Crippen molar-refractivity contribution < 1.29 is 14.4 Å². The monoisotopic (exact) mass is 315 g/mol. The van der Waals surface area contributed by atoms with E-state index in [-0.39, 0.29) is 5.91 Å². The van der Waals surface area contributed by atoms with Gasteiger partial charge < -0.3 is 15.0 Å². The van der Waals surface area contributed by atoms with E-state index in [2.05, 4.69) is 17.4 Å². The number of benzene rings is 1. The molecule has 1 aromatic carbocycles. The maximum atomic E-state index is 12.4. The first-order chi connectivity index (χ1) is 11.3. The summed E-state index contributed by atoms with van der Waals surface area (Å²) in [6.45, 7) is 4.90. The summed E-state index contributed by atoms with van der Waals surface area (Å²) in [6, 6.07) is 8.60. The number of carbonyl (C=O) groups excluding carboxylic acids is 1. The number of fused-ring (bicyclic) bond motifs is 2. The van der Waals surface area contributed by atoms with Crippen molar-refractivity contribution in [2.24, 2.45) is 11.8 Å². The maximum absolute atomic E-state index is 12.4. The Morgan fingerprint density at radius 2 is 1.91 bits per heavy atom. The smallest absolute Gasteiger partial charge is 0.251 e. The molecule has 0 radical (unpaired) electrons. The molecule has 2 bridgehead atoms. The van der Waals surface area contributed by atoms with E-state index in [1.165, 1.54) is 31.2 Å². The van der Waals surface area contributed by atoms with Crippen molar-refractivity contribution >= 4 is 5.91 Å². The molecule has 3 atom stereocenters. The SMILES string of the molecule is O=C(N[C@@H]1C[C@@H]2CC[C@@H]1C2)c1ccc(C[NH+]2CCOCC2)cc1. The van der Waals surface area contributed by atoms with Crippen LogP contribution >= 0.6 is 0 Å². The highest BCUT2D eigenvalue weighted by Gasteiger charge is 2.40. The van der Waals surface area contributed by atoms with Gasteiger partial charge in [-0.15, -0.1) is 0 Å². The summed E-state index contributed by atoms with van der Waals surface area (Å²) in [5, 5.41) is 3.27. The average molecular weight is 315 g/mol. The Bertz CT molecular complexity index is 551. The largest absolute Gasteiger partial charge is 0.370 e. The molecule has 1 amide bonds. The van der Waals surface area contributed by atoms with Crippen molar-refractivity contribution in [3.05, 3.63) is 35.4 Å². The van der Waals surface area contributed by atoms with E-state index in [1.807, 2.05) is 12.1 Å². The average Bonchev–Trinajstić information content (AvgIpc) is 3.19. The zero-order chi connectivity index (χ0) is 15.6. The molecule has 4 rings (SSSR count). The normalized spacial score (nSPS) is 30.5. The van der Waals surface area contributed by atoms with Crippen LogP contribution in [0.15, 0.2) is 24.3 Å². The molecule has 0 spiro atoms. The van der Waals surface area contributed by atoms with Gasteiger partial charge in [-0.1, -0.05) is 18.6 Å². The van der Waals surface area contributed by atoms with Gasteiger partial charge in [-0.2, -0.15) is 0 Å². The second-order valence-corrected chi connectivity index (χ2v) is 7.49. The van der Waals surface area contributed by atoms with E-state index in [0.29, 0.717) is 6.04 Å². The molecule has 0 aromatic heterocycles. The van der Waals surface area contributed by atoms with Gasteiger partial charge in [0.2, 0.25) is 0 Å². The molecule has 23 heavy (non-hydrogen) atoms. The molecule has 4 nitrogen and oxygen atoms in total. The van der Waals surface area contributed by atoms with Crippen LogP contribution < -0.4 is 10.2 Å². The topological polar surface area (TPSA) is 42.8 Å². The molecule has 3 fully saturated rings. The highest BCUT2D eigenvalue weighted by molar-refractivity contribution is 5.94. The lowest BCUT2D eigenvalue weighted by molar-refractivity contribution is -0.921.